The molecule has 6 unspecified atom stereocenters. The molecule has 1 saturated heterocycles. The number of rotatable bonds is 55. The van der Waals surface area contributed by atoms with E-state index in [1.54, 1.807) is 6.08 Å². The Morgan fingerprint density at radius 1 is 0.422 bits per heavy atom. The molecule has 1 heterocycles. The number of hydrogen-bond acceptors (Lipinski definition) is 11. The Labute approximate surface area is 504 Å². The van der Waals surface area contributed by atoms with E-state index in [0.717, 1.165) is 96.3 Å². The summed E-state index contributed by atoms with van der Waals surface area (Å²) < 4.78 is 28.4. The molecule has 0 aromatic rings. The second-order valence-electron chi connectivity index (χ2n) is 22.0. The molecule has 1 rings (SSSR count). The van der Waals surface area contributed by atoms with Gasteiger partial charge in [-0.1, -0.05) is 246 Å². The van der Waals surface area contributed by atoms with Gasteiger partial charge in [0, 0.05) is 12.8 Å². The zero-order chi connectivity index (χ0) is 60.3. The lowest BCUT2D eigenvalue weighted by Crippen LogP contribution is -2.61. The highest BCUT2D eigenvalue weighted by Crippen LogP contribution is 2.26. The molecule has 12 heteroatoms. The van der Waals surface area contributed by atoms with E-state index in [-0.39, 0.29) is 25.9 Å². The van der Waals surface area contributed by atoms with Gasteiger partial charge in [0.15, 0.2) is 24.6 Å². The number of aliphatic hydroxyl groups excluding tert-OH is 2. The van der Waals surface area contributed by atoms with Gasteiger partial charge in [0.25, 0.3) is 0 Å². The van der Waals surface area contributed by atoms with Crippen LogP contribution < -0.4 is 0 Å². The Balaban J connectivity index is 2.69. The zero-order valence-electron chi connectivity index (χ0n) is 52.2. The number of carboxylic acid groups (broad SMARTS) is 1. The Kier molecular flexibility index (Phi) is 53.2. The van der Waals surface area contributed by atoms with Crippen molar-refractivity contribution in [2.45, 2.75) is 302 Å². The standard InChI is InChI=1S/C71H116O12/c1-4-7-10-13-16-19-22-25-28-30-32-34-37-39-42-45-48-51-54-57-63(72)79-60-62(81-64(73)58-55-52-49-46-43-40-36-27-24-21-18-15-12-9-6-3)61-80-71-69(67(76)66(75)68(83-71)70(77)78)82-65(74)59-56-53-50-47-44-41-38-35-33-31-29-26-23-20-17-14-11-8-5-2/h9,12,16-21,25-29,36,43,46,52,55,62,66-69,71,75-76H,4-8,10-11,13-15,22-24,30-35,37-42,44-45,47-51,53-54,56-61H2,1-3H3,(H,77,78)/b12-9-,19-16-,20-17-,21-18-,28-25-,29-26-,36-27-,46-43-,55-52-. The number of aliphatic hydroxyl groups is 2. The first-order valence-corrected chi connectivity index (χ1v) is 32.9. The quantitative estimate of drug-likeness (QED) is 0.0228. The second kappa shape index (κ2) is 57.8. The molecule has 0 aromatic carbocycles. The van der Waals surface area contributed by atoms with E-state index in [2.05, 4.69) is 112 Å². The zero-order valence-corrected chi connectivity index (χ0v) is 52.2. The number of ether oxygens (including phenoxy) is 5. The summed E-state index contributed by atoms with van der Waals surface area (Å²) in [4.78, 5) is 51.3. The lowest BCUT2D eigenvalue weighted by Gasteiger charge is -2.40. The van der Waals surface area contributed by atoms with Crippen LogP contribution in [-0.2, 0) is 42.9 Å². The maximum Gasteiger partial charge on any atom is 0.335 e. The Morgan fingerprint density at radius 2 is 0.795 bits per heavy atom. The lowest BCUT2D eigenvalue weighted by atomic mass is 9.98. The van der Waals surface area contributed by atoms with Crippen molar-refractivity contribution in [2.24, 2.45) is 0 Å². The predicted octanol–water partition coefficient (Wildman–Crippen LogP) is 17.8. The number of carbonyl (C=O) groups is 4. The first-order valence-electron chi connectivity index (χ1n) is 32.9. The highest BCUT2D eigenvalue weighted by molar-refractivity contribution is 5.74. The summed E-state index contributed by atoms with van der Waals surface area (Å²) in [6.45, 7) is 5.76. The van der Waals surface area contributed by atoms with Crippen molar-refractivity contribution in [1.82, 2.24) is 0 Å². The molecule has 0 aliphatic carbocycles. The number of carbonyl (C=O) groups excluding carboxylic acids is 3. The van der Waals surface area contributed by atoms with E-state index in [1.807, 2.05) is 12.2 Å². The molecule has 0 spiro atoms. The van der Waals surface area contributed by atoms with Gasteiger partial charge in [0.05, 0.1) is 13.0 Å². The van der Waals surface area contributed by atoms with Gasteiger partial charge in [-0.3, -0.25) is 14.4 Å². The van der Waals surface area contributed by atoms with Crippen LogP contribution in [-0.4, -0.2) is 89.2 Å². The van der Waals surface area contributed by atoms with Gasteiger partial charge in [-0.05, 0) is 109 Å². The van der Waals surface area contributed by atoms with Crippen LogP contribution in [0.2, 0.25) is 0 Å². The van der Waals surface area contributed by atoms with Crippen LogP contribution in [0.3, 0.4) is 0 Å². The van der Waals surface area contributed by atoms with E-state index < -0.39 is 67.3 Å². The van der Waals surface area contributed by atoms with Crippen LogP contribution in [0.1, 0.15) is 265 Å². The third-order valence-corrected chi connectivity index (χ3v) is 14.3. The van der Waals surface area contributed by atoms with Gasteiger partial charge in [-0.25, -0.2) is 4.79 Å². The average Bonchev–Trinajstić information content (AvgIpc) is 3.60. The highest BCUT2D eigenvalue weighted by Gasteiger charge is 2.50. The Bertz CT molecular complexity index is 1860. The summed E-state index contributed by atoms with van der Waals surface area (Å²) in [6, 6.07) is 0. The van der Waals surface area contributed by atoms with Crippen molar-refractivity contribution < 1.29 is 58.2 Å². The summed E-state index contributed by atoms with van der Waals surface area (Å²) in [5.74, 6) is -3.30. The molecule has 0 radical (unpaired) electrons. The molecule has 0 aromatic heterocycles. The number of hydrogen-bond donors (Lipinski definition) is 3. The summed E-state index contributed by atoms with van der Waals surface area (Å²) in [7, 11) is 0. The lowest BCUT2D eigenvalue weighted by molar-refractivity contribution is -0.301. The summed E-state index contributed by atoms with van der Waals surface area (Å²) in [5, 5.41) is 31.6. The molecule has 0 bridgehead atoms. The first kappa shape index (κ1) is 76.4. The number of esters is 3. The Hall–Kier alpha value is -4.62. The maximum absolute atomic E-state index is 13.1. The van der Waals surface area contributed by atoms with E-state index >= 15 is 0 Å². The van der Waals surface area contributed by atoms with E-state index in [0.29, 0.717) is 19.3 Å². The molecular formula is C71H116O12. The largest absolute Gasteiger partial charge is 0.479 e. The summed E-state index contributed by atoms with van der Waals surface area (Å²) in [5.41, 5.74) is 0. The van der Waals surface area contributed by atoms with Crippen LogP contribution in [0.15, 0.2) is 109 Å². The van der Waals surface area contributed by atoms with Crippen LogP contribution >= 0.6 is 0 Å². The molecular weight excluding hydrogens is 1040 g/mol. The molecule has 0 saturated carbocycles. The highest BCUT2D eigenvalue weighted by atomic mass is 16.7. The maximum atomic E-state index is 13.1. The molecule has 83 heavy (non-hydrogen) atoms. The molecule has 0 amide bonds. The fourth-order valence-corrected chi connectivity index (χ4v) is 9.33. The third-order valence-electron chi connectivity index (χ3n) is 14.3. The van der Waals surface area contributed by atoms with Crippen molar-refractivity contribution in [2.75, 3.05) is 13.2 Å². The van der Waals surface area contributed by atoms with Gasteiger partial charge in [0.1, 0.15) is 18.8 Å². The monoisotopic (exact) mass is 1160 g/mol. The second-order valence-corrected chi connectivity index (χ2v) is 22.0. The summed E-state index contributed by atoms with van der Waals surface area (Å²) >= 11 is 0. The molecule has 6 atom stereocenters. The fraction of sp³-hybridized carbons (Fsp3) is 0.690. The normalized spacial score (nSPS) is 18.3. The summed E-state index contributed by atoms with van der Waals surface area (Å²) in [6.07, 6.45) is 66.4. The molecule has 1 fully saturated rings. The number of carboxylic acids is 1. The first-order chi connectivity index (χ1) is 40.6. The average molecular weight is 1160 g/mol. The van der Waals surface area contributed by atoms with Crippen LogP contribution in [0.25, 0.3) is 0 Å². The van der Waals surface area contributed by atoms with Crippen molar-refractivity contribution in [3.8, 4) is 0 Å². The van der Waals surface area contributed by atoms with Gasteiger partial charge < -0.3 is 39.0 Å². The van der Waals surface area contributed by atoms with Crippen molar-refractivity contribution in [1.29, 1.82) is 0 Å². The van der Waals surface area contributed by atoms with Crippen LogP contribution in [0.4, 0.5) is 0 Å². The third kappa shape index (κ3) is 47.3. The minimum absolute atomic E-state index is 0.0405. The number of allylic oxidation sites excluding steroid dienone is 17. The van der Waals surface area contributed by atoms with Gasteiger partial charge in [-0.15, -0.1) is 0 Å². The van der Waals surface area contributed by atoms with Crippen LogP contribution in [0, 0.1) is 0 Å². The molecule has 12 nitrogen and oxygen atoms in total. The van der Waals surface area contributed by atoms with E-state index in [1.165, 1.54) is 109 Å². The fourth-order valence-electron chi connectivity index (χ4n) is 9.33. The molecule has 3 N–H and O–H groups in total. The smallest absolute Gasteiger partial charge is 0.335 e. The van der Waals surface area contributed by atoms with Gasteiger partial charge in [-0.2, -0.15) is 0 Å². The molecule has 1 aliphatic rings. The predicted molar refractivity (Wildman–Crippen MR) is 340 cm³/mol. The topological polar surface area (TPSA) is 175 Å². The minimum atomic E-state index is -1.92. The SMILES string of the molecule is CC/C=C\C/C=C\C/C=C\C/C=C\C/C=C\CC(=O)OC(COC(=O)CCCCCCCCCCC/C=C\C/C=C\CCCCC)COC1OC(C(=O)O)C(O)C(O)C1OC(=O)CCCCCCCCCCC/C=C\C/C=C\CCCCC. The number of aliphatic carboxylic acids is 1. The van der Waals surface area contributed by atoms with E-state index in [9.17, 15) is 34.5 Å². The molecule has 1 aliphatic heterocycles. The minimum Gasteiger partial charge on any atom is -0.479 e. The van der Waals surface area contributed by atoms with Crippen molar-refractivity contribution in [3.05, 3.63) is 109 Å². The van der Waals surface area contributed by atoms with Crippen molar-refractivity contribution in [3.63, 3.8) is 0 Å². The molecule has 472 valence electrons. The van der Waals surface area contributed by atoms with Crippen LogP contribution in [0.5, 0.6) is 0 Å². The van der Waals surface area contributed by atoms with E-state index in [4.69, 9.17) is 23.7 Å². The van der Waals surface area contributed by atoms with Crippen molar-refractivity contribution >= 4 is 23.9 Å². The Morgan fingerprint density at radius 3 is 1.22 bits per heavy atom. The number of unbranched alkanes of at least 4 members (excludes halogenated alkanes) is 24. The van der Waals surface area contributed by atoms with Gasteiger partial charge >= 0.3 is 23.9 Å². The van der Waals surface area contributed by atoms with Gasteiger partial charge in [0.2, 0.25) is 0 Å².